The van der Waals surface area contributed by atoms with Gasteiger partial charge in [0, 0.05) is 5.41 Å². The molecule has 0 radical (unpaired) electrons. The Labute approximate surface area is 125 Å². The summed E-state index contributed by atoms with van der Waals surface area (Å²) in [6.07, 6.45) is 8.75. The zero-order chi connectivity index (χ0) is 15.2. The van der Waals surface area contributed by atoms with Gasteiger partial charge < -0.3 is 5.32 Å². The molecule has 1 aromatic heterocycles. The van der Waals surface area contributed by atoms with Crippen LogP contribution in [0.4, 0.5) is 5.13 Å². The van der Waals surface area contributed by atoms with Crippen molar-refractivity contribution in [3.63, 3.8) is 0 Å². The Morgan fingerprint density at radius 3 is 2.55 bits per heavy atom. The highest BCUT2D eigenvalue weighted by Crippen LogP contribution is 2.30. The monoisotopic (exact) mass is 290 g/mol. The zero-order valence-corrected chi connectivity index (χ0v) is 13.2. The van der Waals surface area contributed by atoms with Crippen molar-refractivity contribution < 1.29 is 4.79 Å². The van der Waals surface area contributed by atoms with Crippen LogP contribution in [0.2, 0.25) is 0 Å². The fourth-order valence-electron chi connectivity index (χ4n) is 1.64. The predicted octanol–water partition coefficient (Wildman–Crippen LogP) is 4.75. The topological polar surface area (TPSA) is 42.0 Å². The number of carbonyl (C=O) groups excluding carboxylic acids is 1. The molecule has 3 nitrogen and oxygen atoms in total. The second-order valence-corrected chi connectivity index (χ2v) is 5.82. The number of anilines is 1. The van der Waals surface area contributed by atoms with Crippen LogP contribution < -0.4 is 5.32 Å². The number of allylic oxidation sites excluding steroid dienone is 2. The summed E-state index contributed by atoms with van der Waals surface area (Å²) < 4.78 is 0. The molecule has 4 heteroatoms. The molecule has 0 spiro atoms. The molecule has 1 aromatic rings. The van der Waals surface area contributed by atoms with Crippen molar-refractivity contribution in [1.29, 1.82) is 0 Å². The molecule has 1 amide bonds. The summed E-state index contributed by atoms with van der Waals surface area (Å²) in [4.78, 5) is 17.7. The molecular weight excluding hydrogens is 268 g/mol. The Balaban J connectivity index is 2.96. The first-order chi connectivity index (χ1) is 9.50. The van der Waals surface area contributed by atoms with E-state index < -0.39 is 0 Å². The van der Waals surface area contributed by atoms with Gasteiger partial charge in [0.2, 0.25) is 5.91 Å². The fraction of sp³-hybridized carbons (Fsp3) is 0.375. The first kappa shape index (κ1) is 16.4. The van der Waals surface area contributed by atoms with Gasteiger partial charge in [-0.2, -0.15) is 0 Å². The van der Waals surface area contributed by atoms with E-state index in [9.17, 15) is 4.79 Å². The Bertz CT molecular complexity index is 525. The lowest BCUT2D eigenvalue weighted by Gasteiger charge is -2.24. The molecule has 108 valence electrons. The van der Waals surface area contributed by atoms with Crippen LogP contribution in [0.1, 0.15) is 44.2 Å². The summed E-state index contributed by atoms with van der Waals surface area (Å²) in [6.45, 7) is 13.4. The van der Waals surface area contributed by atoms with Crippen LogP contribution in [0.3, 0.4) is 0 Å². The highest BCUT2D eigenvalue weighted by Gasteiger charge is 2.29. The van der Waals surface area contributed by atoms with Crippen LogP contribution in [-0.2, 0) is 4.79 Å². The third-order valence-electron chi connectivity index (χ3n) is 3.59. The van der Waals surface area contributed by atoms with Crippen LogP contribution in [0.15, 0.2) is 25.3 Å². The van der Waals surface area contributed by atoms with Crippen molar-refractivity contribution in [3.05, 3.63) is 35.9 Å². The van der Waals surface area contributed by atoms with E-state index in [1.807, 2.05) is 32.9 Å². The summed E-state index contributed by atoms with van der Waals surface area (Å²) in [5.41, 5.74) is 0.426. The molecule has 1 rings (SSSR count). The molecule has 0 unspecified atom stereocenters. The van der Waals surface area contributed by atoms with Gasteiger partial charge in [-0.3, -0.25) is 4.79 Å². The number of hydrogen-bond acceptors (Lipinski definition) is 3. The molecule has 0 atom stereocenters. The molecule has 0 bridgehead atoms. The van der Waals surface area contributed by atoms with Gasteiger partial charge in [-0.05, 0) is 25.0 Å². The number of rotatable bonds is 7. The van der Waals surface area contributed by atoms with Crippen molar-refractivity contribution in [2.75, 3.05) is 5.32 Å². The van der Waals surface area contributed by atoms with Gasteiger partial charge >= 0.3 is 0 Å². The van der Waals surface area contributed by atoms with Crippen molar-refractivity contribution in [2.45, 2.75) is 33.6 Å². The average Bonchev–Trinajstić information content (AvgIpc) is 2.85. The van der Waals surface area contributed by atoms with Crippen molar-refractivity contribution in [3.8, 4) is 0 Å². The van der Waals surface area contributed by atoms with Crippen LogP contribution in [0.5, 0.6) is 0 Å². The molecule has 0 aliphatic heterocycles. The maximum absolute atomic E-state index is 12.3. The first-order valence-corrected chi connectivity index (χ1v) is 7.56. The lowest BCUT2D eigenvalue weighted by atomic mass is 9.84. The quantitative estimate of drug-likeness (QED) is 0.736. The van der Waals surface area contributed by atoms with E-state index in [-0.39, 0.29) is 11.3 Å². The summed E-state index contributed by atoms with van der Waals surface area (Å²) in [6, 6.07) is 0. The van der Waals surface area contributed by atoms with Crippen molar-refractivity contribution in [2.24, 2.45) is 5.41 Å². The molecule has 20 heavy (non-hydrogen) atoms. The van der Waals surface area contributed by atoms with E-state index in [1.165, 1.54) is 11.3 Å². The number of thiazole rings is 1. The molecule has 0 fully saturated rings. The highest BCUT2D eigenvalue weighted by atomic mass is 32.1. The largest absolute Gasteiger partial charge is 0.301 e. The van der Waals surface area contributed by atoms with Gasteiger partial charge in [0.05, 0.1) is 10.6 Å². The third kappa shape index (κ3) is 3.67. The zero-order valence-electron chi connectivity index (χ0n) is 12.4. The normalized spacial score (nSPS) is 11.6. The molecule has 1 heterocycles. The van der Waals surface area contributed by atoms with Crippen LogP contribution >= 0.6 is 11.3 Å². The molecule has 0 saturated carbocycles. The van der Waals surface area contributed by atoms with Gasteiger partial charge in [-0.25, -0.2) is 4.98 Å². The van der Waals surface area contributed by atoms with Crippen molar-refractivity contribution in [1.82, 2.24) is 4.98 Å². The highest BCUT2D eigenvalue weighted by molar-refractivity contribution is 7.16. The average molecular weight is 290 g/mol. The molecular formula is C16H22N2OS. The maximum Gasteiger partial charge on any atom is 0.232 e. The second kappa shape index (κ2) is 7.20. The van der Waals surface area contributed by atoms with E-state index in [0.29, 0.717) is 5.13 Å². The minimum absolute atomic E-state index is 0.0195. The maximum atomic E-state index is 12.3. The molecule has 0 aliphatic carbocycles. The van der Waals surface area contributed by atoms with Gasteiger partial charge in [-0.15, -0.1) is 0 Å². The van der Waals surface area contributed by atoms with Crippen molar-refractivity contribution >= 4 is 34.5 Å². The number of aromatic nitrogens is 1. The Morgan fingerprint density at radius 1 is 1.40 bits per heavy atom. The number of hydrogen-bond donors (Lipinski definition) is 1. The predicted molar refractivity (Wildman–Crippen MR) is 88.8 cm³/mol. The number of amides is 1. The summed E-state index contributed by atoms with van der Waals surface area (Å²) >= 11 is 1.44. The Kier molecular flexibility index (Phi) is 5.89. The third-order valence-corrected chi connectivity index (χ3v) is 4.54. The van der Waals surface area contributed by atoms with Gasteiger partial charge in [0.15, 0.2) is 5.13 Å². The van der Waals surface area contributed by atoms with E-state index in [0.717, 1.165) is 23.4 Å². The first-order valence-electron chi connectivity index (χ1n) is 6.74. The van der Waals surface area contributed by atoms with Gasteiger partial charge in [-0.1, -0.05) is 57.4 Å². The lowest BCUT2D eigenvalue weighted by Crippen LogP contribution is -2.32. The number of nitrogens with zero attached hydrogens (tertiary/aromatic N) is 1. The summed E-state index contributed by atoms with van der Waals surface area (Å²) in [7, 11) is 0. The Morgan fingerprint density at radius 2 is 2.05 bits per heavy atom. The van der Waals surface area contributed by atoms with Crippen LogP contribution in [0.25, 0.3) is 12.2 Å². The van der Waals surface area contributed by atoms with Gasteiger partial charge in [0.25, 0.3) is 0 Å². The smallest absolute Gasteiger partial charge is 0.232 e. The minimum atomic E-state index is -0.350. The number of nitrogens with one attached hydrogen (secondary N) is 1. The Hall–Kier alpha value is -1.68. The standard InChI is InChI=1S/C16H22N2OS/c1-6-10-11-13-12(7-2)17-15(20-13)18-14(19)16(5,8-3)9-4/h6-7,10-11H,1-2,8-9H2,3-5H3,(H,17,18,19)/b11-10-. The second-order valence-electron chi connectivity index (χ2n) is 4.79. The van der Waals surface area contributed by atoms with E-state index >= 15 is 0 Å². The van der Waals surface area contributed by atoms with Crippen LogP contribution in [-0.4, -0.2) is 10.9 Å². The fourth-order valence-corrected chi connectivity index (χ4v) is 2.51. The molecule has 0 saturated heterocycles. The molecule has 0 aliphatic rings. The SMILES string of the molecule is C=C/C=C\c1sc(NC(=O)C(C)(CC)CC)nc1C=C. The lowest BCUT2D eigenvalue weighted by molar-refractivity contribution is -0.125. The summed E-state index contributed by atoms with van der Waals surface area (Å²) in [5.74, 6) is 0.0195. The van der Waals surface area contributed by atoms with E-state index in [2.05, 4.69) is 23.5 Å². The van der Waals surface area contributed by atoms with E-state index in [4.69, 9.17) is 0 Å². The number of carbonyl (C=O) groups is 1. The molecule has 1 N–H and O–H groups in total. The van der Waals surface area contributed by atoms with Gasteiger partial charge in [0.1, 0.15) is 0 Å². The van der Waals surface area contributed by atoms with Crippen LogP contribution in [0, 0.1) is 5.41 Å². The summed E-state index contributed by atoms with van der Waals surface area (Å²) in [5, 5.41) is 3.53. The minimum Gasteiger partial charge on any atom is -0.301 e. The van der Waals surface area contributed by atoms with E-state index in [1.54, 1.807) is 12.2 Å². The molecule has 0 aromatic carbocycles.